The van der Waals surface area contributed by atoms with Crippen molar-refractivity contribution in [2.45, 2.75) is 72.3 Å². The molecular formula is C34H42N2O7S. The van der Waals surface area contributed by atoms with Gasteiger partial charge in [-0.3, -0.25) is 9.36 Å². The highest BCUT2D eigenvalue weighted by atomic mass is 32.1. The maximum atomic E-state index is 14.3. The Morgan fingerprint density at radius 2 is 1.52 bits per heavy atom. The SMILES string of the molecule is CCOC(=O)C1=C(C)N=c2s/c(=C\c3cc(C(C)(C)C)c(O)c(C(C)(C)C)c3)c(=O)n2[C@H]1c1cc(OC)c(OC)c(OC)c1. The van der Waals surface area contributed by atoms with Crippen molar-refractivity contribution in [3.8, 4) is 23.0 Å². The van der Waals surface area contributed by atoms with Crippen LogP contribution in [0.1, 0.15) is 83.7 Å². The second kappa shape index (κ2) is 12.1. The van der Waals surface area contributed by atoms with Crippen LogP contribution in [0.5, 0.6) is 23.0 Å². The summed E-state index contributed by atoms with van der Waals surface area (Å²) in [5, 5.41) is 11.2. The smallest absolute Gasteiger partial charge is 0.338 e. The molecule has 1 atom stereocenters. The number of hydrogen-bond donors (Lipinski definition) is 1. The number of carbonyl (C=O) groups excluding carboxylic acids is 1. The topological polar surface area (TPSA) is 109 Å². The molecule has 0 radical (unpaired) electrons. The molecule has 236 valence electrons. The predicted molar refractivity (Wildman–Crippen MR) is 172 cm³/mol. The Labute approximate surface area is 262 Å². The Balaban J connectivity index is 2.05. The second-order valence-corrected chi connectivity index (χ2v) is 13.7. The number of rotatable bonds is 7. The standard InChI is InChI=1S/C34H42N2O7S/c1-12-43-31(39)26-18(2)35-32-36(27(26)20-16-23(40-9)29(42-11)24(17-20)41-10)30(38)25(44-32)15-19-13-21(33(3,4)5)28(37)22(14-19)34(6,7)8/h13-17,27,37H,12H2,1-11H3/b25-15-/t27-/m0/s1. The van der Waals surface area contributed by atoms with Gasteiger partial charge in [-0.05, 0) is 66.1 Å². The zero-order valence-electron chi connectivity index (χ0n) is 27.4. The molecule has 1 aliphatic rings. The van der Waals surface area contributed by atoms with Crippen molar-refractivity contribution in [2.24, 2.45) is 4.99 Å². The van der Waals surface area contributed by atoms with E-state index in [1.807, 2.05) is 59.8 Å². The van der Waals surface area contributed by atoms with E-state index in [-0.39, 0.29) is 34.3 Å². The number of aromatic nitrogens is 1. The van der Waals surface area contributed by atoms with Crippen LogP contribution in [-0.2, 0) is 20.4 Å². The van der Waals surface area contributed by atoms with E-state index in [9.17, 15) is 14.7 Å². The van der Waals surface area contributed by atoms with E-state index in [0.29, 0.717) is 37.8 Å². The van der Waals surface area contributed by atoms with Crippen LogP contribution < -0.4 is 29.1 Å². The average molecular weight is 623 g/mol. The molecule has 0 spiro atoms. The van der Waals surface area contributed by atoms with Crippen LogP contribution in [-0.4, -0.2) is 43.6 Å². The molecule has 0 unspecified atom stereocenters. The number of phenols is 1. The summed E-state index contributed by atoms with van der Waals surface area (Å²) in [6, 6.07) is 6.44. The van der Waals surface area contributed by atoms with Crippen molar-refractivity contribution in [3.63, 3.8) is 0 Å². The van der Waals surface area contributed by atoms with Gasteiger partial charge in [0.2, 0.25) is 5.75 Å². The van der Waals surface area contributed by atoms with Crippen LogP contribution in [0.25, 0.3) is 6.08 Å². The quantitative estimate of drug-likeness (QED) is 0.364. The number of benzene rings is 2. The van der Waals surface area contributed by atoms with Crippen LogP contribution in [0.4, 0.5) is 0 Å². The maximum Gasteiger partial charge on any atom is 0.338 e. The molecule has 0 aliphatic carbocycles. The minimum atomic E-state index is -0.865. The average Bonchev–Trinajstić information content (AvgIpc) is 3.24. The van der Waals surface area contributed by atoms with E-state index in [1.54, 1.807) is 26.0 Å². The van der Waals surface area contributed by atoms with E-state index in [0.717, 1.165) is 16.7 Å². The highest BCUT2D eigenvalue weighted by Crippen LogP contribution is 2.43. The number of ether oxygens (including phenoxy) is 4. The third kappa shape index (κ3) is 6.00. The molecule has 3 aromatic rings. The normalized spacial score (nSPS) is 15.5. The number of hydrogen-bond acceptors (Lipinski definition) is 9. The Bertz CT molecular complexity index is 1760. The zero-order valence-corrected chi connectivity index (χ0v) is 28.2. The molecule has 0 fully saturated rings. The molecule has 44 heavy (non-hydrogen) atoms. The molecule has 0 saturated carbocycles. The lowest BCUT2D eigenvalue weighted by Crippen LogP contribution is -2.40. The lowest BCUT2D eigenvalue weighted by Gasteiger charge is -2.27. The van der Waals surface area contributed by atoms with Crippen molar-refractivity contribution >= 4 is 23.4 Å². The number of allylic oxidation sites excluding steroid dienone is 1. The van der Waals surface area contributed by atoms with E-state index in [1.165, 1.54) is 37.2 Å². The fourth-order valence-corrected chi connectivity index (χ4v) is 6.45. The molecule has 0 bridgehead atoms. The van der Waals surface area contributed by atoms with Crippen molar-refractivity contribution in [2.75, 3.05) is 27.9 Å². The summed E-state index contributed by atoms with van der Waals surface area (Å²) < 4.78 is 24.1. The van der Waals surface area contributed by atoms with Crippen molar-refractivity contribution in [1.82, 2.24) is 4.57 Å². The molecule has 1 N–H and O–H groups in total. The Morgan fingerprint density at radius 1 is 0.977 bits per heavy atom. The highest BCUT2D eigenvalue weighted by Gasteiger charge is 2.35. The summed E-state index contributed by atoms with van der Waals surface area (Å²) in [5.74, 6) is 0.859. The van der Waals surface area contributed by atoms with Gasteiger partial charge >= 0.3 is 5.97 Å². The number of carbonyl (C=O) groups is 1. The van der Waals surface area contributed by atoms with Crippen molar-refractivity contribution < 1.29 is 28.8 Å². The summed E-state index contributed by atoms with van der Waals surface area (Å²) in [7, 11) is 4.53. The minimum Gasteiger partial charge on any atom is -0.507 e. The van der Waals surface area contributed by atoms with E-state index < -0.39 is 12.0 Å². The van der Waals surface area contributed by atoms with Gasteiger partial charge in [0.05, 0.1) is 49.8 Å². The monoisotopic (exact) mass is 622 g/mol. The Kier molecular flexibility index (Phi) is 9.07. The van der Waals surface area contributed by atoms with Crippen molar-refractivity contribution in [1.29, 1.82) is 0 Å². The van der Waals surface area contributed by atoms with Gasteiger partial charge in [-0.1, -0.05) is 52.9 Å². The van der Waals surface area contributed by atoms with E-state index in [4.69, 9.17) is 18.9 Å². The minimum absolute atomic E-state index is 0.162. The number of thiazole rings is 1. The van der Waals surface area contributed by atoms with Gasteiger partial charge in [0, 0.05) is 11.1 Å². The number of esters is 1. The Morgan fingerprint density at radius 3 is 1.98 bits per heavy atom. The third-order valence-electron chi connectivity index (χ3n) is 7.57. The van der Waals surface area contributed by atoms with Gasteiger partial charge in [0.1, 0.15) is 5.75 Å². The molecule has 1 aromatic heterocycles. The number of aromatic hydroxyl groups is 1. The first-order valence-electron chi connectivity index (χ1n) is 14.4. The molecule has 2 heterocycles. The summed E-state index contributed by atoms with van der Waals surface area (Å²) in [5.41, 5.74) is 2.65. The van der Waals surface area contributed by atoms with Gasteiger partial charge in [0.25, 0.3) is 5.56 Å². The molecule has 1 aliphatic heterocycles. The number of phenolic OH excluding ortho intramolecular Hbond substituents is 1. The lowest BCUT2D eigenvalue weighted by molar-refractivity contribution is -0.139. The van der Waals surface area contributed by atoms with E-state index >= 15 is 0 Å². The molecule has 0 saturated heterocycles. The van der Waals surface area contributed by atoms with Crippen LogP contribution in [0.2, 0.25) is 0 Å². The first kappa shape index (κ1) is 32.9. The predicted octanol–water partition coefficient (Wildman–Crippen LogP) is 5.12. The molecule has 4 rings (SSSR count). The summed E-state index contributed by atoms with van der Waals surface area (Å²) in [6.07, 6.45) is 1.82. The number of fused-ring (bicyclic) bond motifs is 1. The van der Waals surface area contributed by atoms with Gasteiger partial charge in [-0.25, -0.2) is 9.79 Å². The first-order chi connectivity index (χ1) is 20.6. The second-order valence-electron chi connectivity index (χ2n) is 12.7. The van der Waals surface area contributed by atoms with Crippen LogP contribution in [0.15, 0.2) is 45.3 Å². The van der Waals surface area contributed by atoms with Gasteiger partial charge in [-0.2, -0.15) is 0 Å². The van der Waals surface area contributed by atoms with Crippen molar-refractivity contribution in [3.05, 3.63) is 77.5 Å². The molecule has 10 heteroatoms. The number of methoxy groups -OCH3 is 3. The summed E-state index contributed by atoms with van der Waals surface area (Å²) in [6.45, 7) is 15.9. The fourth-order valence-electron chi connectivity index (χ4n) is 5.40. The molecule has 9 nitrogen and oxygen atoms in total. The van der Waals surface area contributed by atoms with Gasteiger partial charge in [0.15, 0.2) is 16.3 Å². The molecular weight excluding hydrogens is 580 g/mol. The van der Waals surface area contributed by atoms with Crippen LogP contribution in [0.3, 0.4) is 0 Å². The van der Waals surface area contributed by atoms with E-state index in [2.05, 4.69) is 4.99 Å². The highest BCUT2D eigenvalue weighted by molar-refractivity contribution is 7.07. The fraction of sp³-hybridized carbons (Fsp3) is 0.441. The Hall–Kier alpha value is -4.05. The van der Waals surface area contributed by atoms with Crippen LogP contribution in [0, 0.1) is 0 Å². The van der Waals surface area contributed by atoms with Gasteiger partial charge < -0.3 is 24.1 Å². The molecule has 0 amide bonds. The maximum absolute atomic E-state index is 14.3. The zero-order chi connectivity index (χ0) is 32.7. The summed E-state index contributed by atoms with van der Waals surface area (Å²) in [4.78, 5) is 32.8. The lowest BCUT2D eigenvalue weighted by atomic mass is 9.78. The van der Waals surface area contributed by atoms with Gasteiger partial charge in [-0.15, -0.1) is 0 Å². The molecule has 2 aromatic carbocycles. The number of nitrogens with zero attached hydrogens (tertiary/aromatic N) is 2. The largest absolute Gasteiger partial charge is 0.507 e. The first-order valence-corrected chi connectivity index (χ1v) is 15.3. The van der Waals surface area contributed by atoms with Crippen LogP contribution >= 0.6 is 11.3 Å². The third-order valence-corrected chi connectivity index (χ3v) is 8.55. The summed E-state index contributed by atoms with van der Waals surface area (Å²) >= 11 is 1.24.